The molecule has 5 aromatic rings. The van der Waals surface area contributed by atoms with E-state index in [1.807, 2.05) is 47.4 Å². The topological polar surface area (TPSA) is 159 Å². The summed E-state index contributed by atoms with van der Waals surface area (Å²) in [7, 11) is 0. The minimum absolute atomic E-state index is 0.0243. The molecule has 3 heterocycles. The molecule has 0 unspecified atom stereocenters. The van der Waals surface area contributed by atoms with Gasteiger partial charge in [-0.3, -0.25) is 15.1 Å². The third-order valence-corrected chi connectivity index (χ3v) is 8.46. The number of carboxylic acids is 2. The van der Waals surface area contributed by atoms with Crippen molar-refractivity contribution in [1.82, 2.24) is 10.3 Å². The van der Waals surface area contributed by atoms with E-state index >= 15 is 0 Å². The first-order valence-corrected chi connectivity index (χ1v) is 14.7. The molecule has 11 nitrogen and oxygen atoms in total. The molecule has 6 rings (SSSR count). The van der Waals surface area contributed by atoms with Gasteiger partial charge in [-0.15, -0.1) is 0 Å². The maximum Gasteiger partial charge on any atom is 0.335 e. The smallest absolute Gasteiger partial charge is 0.335 e. The van der Waals surface area contributed by atoms with E-state index in [1.54, 1.807) is 30.5 Å². The molecule has 0 amide bonds. The average Bonchev–Trinajstić information content (AvgIpc) is 3.66. The molecule has 224 valence electrons. The summed E-state index contributed by atoms with van der Waals surface area (Å²) in [6, 6.07) is 25.9. The number of furan rings is 1. The predicted octanol–water partition coefficient (Wildman–Crippen LogP) is 6.97. The van der Waals surface area contributed by atoms with E-state index in [1.165, 1.54) is 36.0 Å². The van der Waals surface area contributed by atoms with Crippen LogP contribution in [0.1, 0.15) is 44.3 Å². The van der Waals surface area contributed by atoms with Gasteiger partial charge in [0.2, 0.25) is 0 Å². The number of thiocarbonyl (C=S) groups is 1. The molecule has 0 bridgehead atoms. The molecular weight excluding hydrogens is 617 g/mol. The number of nitro groups is 1. The van der Waals surface area contributed by atoms with Crippen molar-refractivity contribution in [2.45, 2.75) is 21.9 Å². The van der Waals surface area contributed by atoms with Gasteiger partial charge in [0.15, 0.2) is 5.11 Å². The molecular formula is C32H22N4O7S2. The second kappa shape index (κ2) is 12.2. The Labute approximate surface area is 265 Å². The highest BCUT2D eigenvalue weighted by molar-refractivity contribution is 7.99. The van der Waals surface area contributed by atoms with Crippen molar-refractivity contribution in [3.05, 3.63) is 136 Å². The monoisotopic (exact) mass is 638 g/mol. The average molecular weight is 639 g/mol. The molecule has 1 saturated heterocycles. The lowest BCUT2D eigenvalue weighted by atomic mass is 10.0. The molecule has 0 saturated carbocycles. The van der Waals surface area contributed by atoms with E-state index in [0.717, 1.165) is 27.2 Å². The molecule has 3 N–H and O–H groups in total. The summed E-state index contributed by atoms with van der Waals surface area (Å²) in [4.78, 5) is 42.1. The second-order valence-electron chi connectivity index (χ2n) is 9.95. The van der Waals surface area contributed by atoms with Crippen LogP contribution in [-0.4, -0.2) is 37.2 Å². The van der Waals surface area contributed by atoms with Gasteiger partial charge in [0.1, 0.15) is 17.6 Å². The first-order valence-electron chi connectivity index (χ1n) is 13.4. The van der Waals surface area contributed by atoms with Gasteiger partial charge in [-0.05, 0) is 91.1 Å². The molecule has 0 radical (unpaired) electrons. The number of non-ortho nitro benzene ring substituents is 1. The molecule has 45 heavy (non-hydrogen) atoms. The highest BCUT2D eigenvalue weighted by Crippen LogP contribution is 2.43. The normalized spacial score (nSPS) is 15.9. The van der Waals surface area contributed by atoms with Gasteiger partial charge in [0.05, 0.1) is 27.8 Å². The Morgan fingerprint density at radius 2 is 1.56 bits per heavy atom. The van der Waals surface area contributed by atoms with Crippen LogP contribution in [0.15, 0.2) is 117 Å². The fourth-order valence-electron chi connectivity index (χ4n) is 5.05. The van der Waals surface area contributed by atoms with E-state index in [4.69, 9.17) is 16.6 Å². The molecule has 0 aliphatic carbocycles. The summed E-state index contributed by atoms with van der Waals surface area (Å²) in [6.07, 6.45) is 1.68. The summed E-state index contributed by atoms with van der Waals surface area (Å²) in [5, 5.41) is 33.8. The van der Waals surface area contributed by atoms with Crippen molar-refractivity contribution in [3.8, 4) is 11.3 Å². The van der Waals surface area contributed by atoms with Gasteiger partial charge in [-0.2, -0.15) is 0 Å². The molecule has 3 aromatic carbocycles. The van der Waals surface area contributed by atoms with Gasteiger partial charge in [-0.25, -0.2) is 9.59 Å². The number of aromatic nitrogens is 1. The van der Waals surface area contributed by atoms with Crippen LogP contribution in [0.25, 0.3) is 11.3 Å². The fraction of sp³-hybridized carbons (Fsp3) is 0.0625. The second-order valence-corrected chi connectivity index (χ2v) is 11.5. The Morgan fingerprint density at radius 1 is 0.911 bits per heavy atom. The molecule has 0 spiro atoms. The number of nitrogens with one attached hydrogen (secondary N) is 1. The number of benzene rings is 3. The molecule has 2 aromatic heterocycles. The van der Waals surface area contributed by atoms with E-state index in [9.17, 15) is 29.9 Å². The van der Waals surface area contributed by atoms with Crippen molar-refractivity contribution in [2.24, 2.45) is 0 Å². The van der Waals surface area contributed by atoms with Gasteiger partial charge >= 0.3 is 11.9 Å². The zero-order valence-corrected chi connectivity index (χ0v) is 24.7. The molecule has 1 fully saturated rings. The van der Waals surface area contributed by atoms with Crippen LogP contribution >= 0.6 is 24.0 Å². The first kappa shape index (κ1) is 29.5. The Hall–Kier alpha value is -5.53. The van der Waals surface area contributed by atoms with Crippen molar-refractivity contribution in [3.63, 3.8) is 0 Å². The van der Waals surface area contributed by atoms with E-state index in [-0.39, 0.29) is 16.8 Å². The fourth-order valence-corrected chi connectivity index (χ4v) is 6.21. The minimum atomic E-state index is -1.26. The number of nitrogens with zero attached hydrogens (tertiary/aromatic N) is 3. The lowest BCUT2D eigenvalue weighted by Crippen LogP contribution is -2.29. The summed E-state index contributed by atoms with van der Waals surface area (Å²) < 4.78 is 6.30. The Morgan fingerprint density at radius 3 is 2.13 bits per heavy atom. The van der Waals surface area contributed by atoms with E-state index < -0.39 is 28.9 Å². The van der Waals surface area contributed by atoms with Crippen molar-refractivity contribution >= 4 is 52.4 Å². The molecule has 1 aliphatic rings. The number of rotatable bonds is 9. The predicted molar refractivity (Wildman–Crippen MR) is 170 cm³/mol. The van der Waals surface area contributed by atoms with Crippen molar-refractivity contribution < 1.29 is 29.1 Å². The summed E-state index contributed by atoms with van der Waals surface area (Å²) in [6.45, 7) is 0. The van der Waals surface area contributed by atoms with Crippen LogP contribution < -0.4 is 10.2 Å². The summed E-state index contributed by atoms with van der Waals surface area (Å²) >= 11 is 7.25. The number of pyridine rings is 1. The lowest BCUT2D eigenvalue weighted by Gasteiger charge is -2.26. The zero-order chi connectivity index (χ0) is 31.7. The van der Waals surface area contributed by atoms with Crippen molar-refractivity contribution in [2.75, 3.05) is 4.90 Å². The maximum atomic E-state index is 11.7. The highest BCUT2D eigenvalue weighted by Gasteiger charge is 2.42. The van der Waals surface area contributed by atoms with Gasteiger partial charge in [0, 0.05) is 39.4 Å². The summed E-state index contributed by atoms with van der Waals surface area (Å²) in [5.41, 5.74) is 1.47. The quantitative estimate of drug-likeness (QED) is 0.0865. The SMILES string of the molecule is O=C(O)c1cc(C(=O)O)cc(-c2ccc([C@H]3[C@H](c4ccccn4)NC(=S)N3c3ccc(Sc4ccc([N+](=O)[O-])cc4)cc3)o2)c1. The Balaban J connectivity index is 1.35. The van der Waals surface area contributed by atoms with Crippen LogP contribution in [0.2, 0.25) is 0 Å². The number of hydrogen-bond donors (Lipinski definition) is 3. The van der Waals surface area contributed by atoms with Crippen LogP contribution in [0, 0.1) is 10.1 Å². The van der Waals surface area contributed by atoms with Crippen LogP contribution in [0.5, 0.6) is 0 Å². The van der Waals surface area contributed by atoms with Gasteiger partial charge in [0.25, 0.3) is 5.69 Å². The van der Waals surface area contributed by atoms with E-state index in [0.29, 0.717) is 22.2 Å². The van der Waals surface area contributed by atoms with Gasteiger partial charge < -0.3 is 24.8 Å². The first-order chi connectivity index (χ1) is 21.7. The largest absolute Gasteiger partial charge is 0.478 e. The number of carbonyl (C=O) groups is 2. The van der Waals surface area contributed by atoms with Crippen molar-refractivity contribution in [1.29, 1.82) is 0 Å². The Kier molecular flexibility index (Phi) is 8.02. The Bertz CT molecular complexity index is 1900. The number of hydrogen-bond acceptors (Lipinski definition) is 8. The molecule has 1 aliphatic heterocycles. The highest BCUT2D eigenvalue weighted by atomic mass is 32.2. The molecule has 2 atom stereocenters. The van der Waals surface area contributed by atoms with Crippen LogP contribution in [0.4, 0.5) is 11.4 Å². The maximum absolute atomic E-state index is 11.7. The van der Waals surface area contributed by atoms with Crippen LogP contribution in [-0.2, 0) is 0 Å². The molecule has 13 heteroatoms. The van der Waals surface area contributed by atoms with Gasteiger partial charge in [-0.1, -0.05) is 17.8 Å². The standard InChI is InChI=1S/C32H22N4O7S2/c37-30(38)19-15-18(16-20(17-19)31(39)40)26-12-13-27(43-26)29-28(25-3-1-2-14-33-25)34-32(44)35(29)21-4-8-23(9-5-21)45-24-10-6-22(7-11-24)36(41)42/h1-17,28-29H,(H,34,44)(H,37,38)(H,39,40)/t28-,29-/m0/s1. The van der Waals surface area contributed by atoms with Crippen LogP contribution in [0.3, 0.4) is 0 Å². The number of aromatic carboxylic acids is 2. The van der Waals surface area contributed by atoms with E-state index in [2.05, 4.69) is 10.3 Å². The zero-order valence-electron chi connectivity index (χ0n) is 23.1. The summed E-state index contributed by atoms with van der Waals surface area (Å²) in [5.74, 6) is -1.72. The number of nitro benzene ring substituents is 1. The number of anilines is 1. The minimum Gasteiger partial charge on any atom is -0.478 e. The lowest BCUT2D eigenvalue weighted by molar-refractivity contribution is -0.384. The number of carboxylic acid groups (broad SMARTS) is 2. The third kappa shape index (κ3) is 6.12. The third-order valence-electron chi connectivity index (χ3n) is 7.13.